The van der Waals surface area contributed by atoms with E-state index in [1.165, 1.54) is 0 Å². The molecule has 0 radical (unpaired) electrons. The van der Waals surface area contributed by atoms with Crippen LogP contribution in [0.1, 0.15) is 33.6 Å². The molecular weight excluding hydrogens is 236 g/mol. The molecule has 1 heterocycles. The molecule has 0 aliphatic heterocycles. The lowest BCUT2D eigenvalue weighted by Crippen LogP contribution is -2.30. The van der Waals surface area contributed by atoms with Crippen molar-refractivity contribution in [3.63, 3.8) is 0 Å². The van der Waals surface area contributed by atoms with Gasteiger partial charge in [-0.05, 0) is 20.3 Å². The lowest BCUT2D eigenvalue weighted by molar-refractivity contribution is 0.611. The highest BCUT2D eigenvalue weighted by Gasteiger charge is 2.14. The number of nitrogens with one attached hydrogen (secondary N) is 1. The van der Waals surface area contributed by atoms with Gasteiger partial charge in [-0.15, -0.1) is 0 Å². The minimum Gasteiger partial charge on any atom is -0.356 e. The Morgan fingerprint density at radius 2 is 2.18 bits per heavy atom. The molecule has 0 aliphatic rings. The number of anilines is 2. The summed E-state index contributed by atoms with van der Waals surface area (Å²) in [6.45, 7) is 7.17. The van der Waals surface area contributed by atoms with Crippen LogP contribution < -0.4 is 10.2 Å². The van der Waals surface area contributed by atoms with Gasteiger partial charge in [-0.3, -0.25) is 0 Å². The SMILES string of the molecule is CCCC(C)N(C)c1nc(NCC)ncc1Cl. The van der Waals surface area contributed by atoms with Crippen LogP contribution in [-0.2, 0) is 0 Å². The first-order chi connectivity index (χ1) is 8.10. The lowest BCUT2D eigenvalue weighted by Gasteiger charge is -2.26. The first-order valence-corrected chi connectivity index (χ1v) is 6.47. The molecule has 1 unspecified atom stereocenters. The summed E-state index contributed by atoms with van der Waals surface area (Å²) in [6, 6.07) is 0.418. The highest BCUT2D eigenvalue weighted by atomic mass is 35.5. The van der Waals surface area contributed by atoms with Crippen LogP contribution >= 0.6 is 11.6 Å². The van der Waals surface area contributed by atoms with Gasteiger partial charge in [-0.2, -0.15) is 4.98 Å². The first kappa shape index (κ1) is 14.0. The molecule has 17 heavy (non-hydrogen) atoms. The van der Waals surface area contributed by atoms with E-state index in [0.717, 1.165) is 25.2 Å². The van der Waals surface area contributed by atoms with Crippen molar-refractivity contribution in [2.24, 2.45) is 0 Å². The smallest absolute Gasteiger partial charge is 0.224 e. The molecule has 0 aliphatic carbocycles. The van der Waals surface area contributed by atoms with Crippen LogP contribution in [0.5, 0.6) is 0 Å². The summed E-state index contributed by atoms with van der Waals surface area (Å²) in [5, 5.41) is 3.69. The number of hydrogen-bond donors (Lipinski definition) is 1. The lowest BCUT2D eigenvalue weighted by atomic mass is 10.2. The van der Waals surface area contributed by atoms with Gasteiger partial charge in [0.2, 0.25) is 5.95 Å². The second kappa shape index (κ2) is 6.64. The van der Waals surface area contributed by atoms with E-state index >= 15 is 0 Å². The van der Waals surface area contributed by atoms with Crippen LogP contribution in [0.2, 0.25) is 5.02 Å². The van der Waals surface area contributed by atoms with Gasteiger partial charge in [0.25, 0.3) is 0 Å². The zero-order chi connectivity index (χ0) is 12.8. The topological polar surface area (TPSA) is 41.1 Å². The van der Waals surface area contributed by atoms with E-state index < -0.39 is 0 Å². The van der Waals surface area contributed by atoms with E-state index in [9.17, 15) is 0 Å². The molecule has 0 spiro atoms. The summed E-state index contributed by atoms with van der Waals surface area (Å²) in [5.41, 5.74) is 0. The number of nitrogens with zero attached hydrogens (tertiary/aromatic N) is 3. The fourth-order valence-electron chi connectivity index (χ4n) is 1.67. The Kier molecular flexibility index (Phi) is 5.48. The molecule has 1 atom stereocenters. The average Bonchev–Trinajstić information content (AvgIpc) is 2.31. The van der Waals surface area contributed by atoms with Crippen LogP contribution in [0.3, 0.4) is 0 Å². The molecule has 0 saturated carbocycles. The second-order valence-electron chi connectivity index (χ2n) is 4.14. The molecule has 0 aromatic carbocycles. The van der Waals surface area contributed by atoms with Gasteiger partial charge in [-0.1, -0.05) is 24.9 Å². The van der Waals surface area contributed by atoms with Gasteiger partial charge in [0.15, 0.2) is 5.82 Å². The molecule has 0 amide bonds. The predicted octanol–water partition coefficient (Wildman–Crippen LogP) is 3.19. The zero-order valence-electron chi connectivity index (χ0n) is 11.0. The molecule has 1 aromatic rings. The van der Waals surface area contributed by atoms with Gasteiger partial charge < -0.3 is 10.2 Å². The van der Waals surface area contributed by atoms with Crippen molar-refractivity contribution in [1.29, 1.82) is 0 Å². The van der Waals surface area contributed by atoms with Crippen molar-refractivity contribution in [2.45, 2.75) is 39.7 Å². The molecular formula is C12H21ClN4. The molecule has 1 N–H and O–H groups in total. The first-order valence-electron chi connectivity index (χ1n) is 6.09. The number of aromatic nitrogens is 2. The number of rotatable bonds is 6. The van der Waals surface area contributed by atoms with Gasteiger partial charge in [0.1, 0.15) is 5.02 Å². The summed E-state index contributed by atoms with van der Waals surface area (Å²) in [5.74, 6) is 1.42. The third-order valence-corrected chi connectivity index (χ3v) is 3.03. The summed E-state index contributed by atoms with van der Waals surface area (Å²) < 4.78 is 0. The Morgan fingerprint density at radius 3 is 2.76 bits per heavy atom. The third-order valence-electron chi connectivity index (χ3n) is 2.76. The molecule has 0 bridgehead atoms. The van der Waals surface area contributed by atoms with E-state index in [-0.39, 0.29) is 0 Å². The number of halogens is 1. The summed E-state index contributed by atoms with van der Waals surface area (Å²) in [6.07, 6.45) is 3.92. The highest BCUT2D eigenvalue weighted by molar-refractivity contribution is 6.32. The largest absolute Gasteiger partial charge is 0.356 e. The monoisotopic (exact) mass is 256 g/mol. The number of hydrogen-bond acceptors (Lipinski definition) is 4. The Morgan fingerprint density at radius 1 is 1.47 bits per heavy atom. The third kappa shape index (κ3) is 3.73. The molecule has 0 saturated heterocycles. The second-order valence-corrected chi connectivity index (χ2v) is 4.55. The Bertz CT molecular complexity index is 356. The van der Waals surface area contributed by atoms with Crippen LogP contribution in [0, 0.1) is 0 Å². The van der Waals surface area contributed by atoms with E-state index in [4.69, 9.17) is 11.6 Å². The summed E-state index contributed by atoms with van der Waals surface area (Å²) in [7, 11) is 2.02. The van der Waals surface area contributed by atoms with Gasteiger partial charge >= 0.3 is 0 Å². The molecule has 4 nitrogen and oxygen atoms in total. The molecule has 5 heteroatoms. The minimum absolute atomic E-state index is 0.418. The van der Waals surface area contributed by atoms with Crippen molar-refractivity contribution in [3.05, 3.63) is 11.2 Å². The van der Waals surface area contributed by atoms with Crippen LogP contribution in [0.25, 0.3) is 0 Å². The highest BCUT2D eigenvalue weighted by Crippen LogP contribution is 2.25. The van der Waals surface area contributed by atoms with Crippen molar-refractivity contribution < 1.29 is 0 Å². The van der Waals surface area contributed by atoms with Crippen molar-refractivity contribution in [2.75, 3.05) is 23.8 Å². The molecule has 1 rings (SSSR count). The fraction of sp³-hybridized carbons (Fsp3) is 0.667. The predicted molar refractivity (Wildman–Crippen MR) is 74.0 cm³/mol. The maximum Gasteiger partial charge on any atom is 0.224 e. The van der Waals surface area contributed by atoms with Gasteiger partial charge in [-0.25, -0.2) is 4.98 Å². The standard InChI is InChI=1S/C12H21ClN4/c1-5-7-9(3)17(4)11-10(13)8-15-12(16-11)14-6-2/h8-9H,5-7H2,1-4H3,(H,14,15,16). The molecule has 0 fully saturated rings. The van der Waals surface area contributed by atoms with Crippen LogP contribution in [-0.4, -0.2) is 29.6 Å². The quantitative estimate of drug-likeness (QED) is 0.849. The van der Waals surface area contributed by atoms with E-state index in [1.54, 1.807) is 6.20 Å². The average molecular weight is 257 g/mol. The minimum atomic E-state index is 0.418. The zero-order valence-corrected chi connectivity index (χ0v) is 11.8. The summed E-state index contributed by atoms with van der Waals surface area (Å²) >= 11 is 6.14. The van der Waals surface area contributed by atoms with Crippen molar-refractivity contribution in [1.82, 2.24) is 9.97 Å². The van der Waals surface area contributed by atoms with Crippen LogP contribution in [0.4, 0.5) is 11.8 Å². The van der Waals surface area contributed by atoms with E-state index in [1.807, 2.05) is 14.0 Å². The van der Waals surface area contributed by atoms with Crippen molar-refractivity contribution in [3.8, 4) is 0 Å². The molecule has 1 aromatic heterocycles. The summed E-state index contributed by atoms with van der Waals surface area (Å²) in [4.78, 5) is 10.7. The Hall–Kier alpha value is -1.03. The van der Waals surface area contributed by atoms with Crippen LogP contribution in [0.15, 0.2) is 6.20 Å². The fourth-order valence-corrected chi connectivity index (χ4v) is 1.89. The van der Waals surface area contributed by atoms with Gasteiger partial charge in [0, 0.05) is 19.6 Å². The maximum absolute atomic E-state index is 6.14. The van der Waals surface area contributed by atoms with Crippen molar-refractivity contribution >= 4 is 23.4 Å². The maximum atomic E-state index is 6.14. The normalized spacial score (nSPS) is 12.3. The Balaban J connectivity index is 2.90. The Labute approximate surface area is 108 Å². The van der Waals surface area contributed by atoms with E-state index in [2.05, 4.69) is 34.0 Å². The van der Waals surface area contributed by atoms with Gasteiger partial charge in [0.05, 0.1) is 6.20 Å². The van der Waals surface area contributed by atoms with E-state index in [0.29, 0.717) is 17.0 Å². The molecule has 96 valence electrons.